The smallest absolute Gasteiger partial charge is 0.248 e. The molecule has 1 aliphatic rings. The quantitative estimate of drug-likeness (QED) is 0.771. The summed E-state index contributed by atoms with van der Waals surface area (Å²) in [5, 5.41) is 7.05. The molecule has 1 N–H and O–H groups in total. The Bertz CT molecular complexity index is 822. The molecule has 132 valence electrons. The Morgan fingerprint density at radius 2 is 1.73 bits per heavy atom. The van der Waals surface area contributed by atoms with Crippen molar-refractivity contribution in [2.24, 2.45) is 0 Å². The van der Waals surface area contributed by atoms with Crippen LogP contribution in [0.3, 0.4) is 0 Å². The molecule has 0 spiro atoms. The van der Waals surface area contributed by atoms with Crippen LogP contribution in [0.4, 0.5) is 0 Å². The number of ether oxygens (including phenoxy) is 1. The van der Waals surface area contributed by atoms with Crippen LogP contribution in [-0.4, -0.2) is 34.2 Å². The van der Waals surface area contributed by atoms with Gasteiger partial charge in [-0.2, -0.15) is 5.10 Å². The first-order valence-electron chi connectivity index (χ1n) is 8.81. The number of aromatic nitrogens is 2. The highest BCUT2D eigenvalue weighted by atomic mass is 16.5. The van der Waals surface area contributed by atoms with Gasteiger partial charge in [-0.05, 0) is 11.1 Å². The molecule has 0 unspecified atom stereocenters. The second-order valence-corrected chi connectivity index (χ2v) is 6.45. The van der Waals surface area contributed by atoms with Gasteiger partial charge in [0.05, 0.1) is 6.20 Å². The minimum Gasteiger partial charge on any atom is -0.359 e. The van der Waals surface area contributed by atoms with Crippen molar-refractivity contribution in [1.29, 1.82) is 0 Å². The average Bonchev–Trinajstić information content (AvgIpc) is 3.17. The van der Waals surface area contributed by atoms with Crippen LogP contribution in [0.15, 0.2) is 66.9 Å². The maximum absolute atomic E-state index is 12.7. The molecule has 0 saturated heterocycles. The van der Waals surface area contributed by atoms with Crippen molar-refractivity contribution in [2.45, 2.75) is 19.1 Å². The van der Waals surface area contributed by atoms with E-state index in [9.17, 15) is 4.79 Å². The highest BCUT2D eigenvalue weighted by Crippen LogP contribution is 2.26. The van der Waals surface area contributed by atoms with Crippen molar-refractivity contribution in [1.82, 2.24) is 15.1 Å². The number of aromatic amines is 1. The van der Waals surface area contributed by atoms with Crippen LogP contribution in [0.1, 0.15) is 28.5 Å². The maximum atomic E-state index is 12.7. The number of hydrogen-bond donors (Lipinski definition) is 1. The molecule has 0 radical (unpaired) electrons. The first kappa shape index (κ1) is 16.5. The highest BCUT2D eigenvalue weighted by molar-refractivity contribution is 5.77. The molecule has 2 aromatic carbocycles. The normalized spacial score (nSPS) is 13.7. The molecule has 0 bridgehead atoms. The summed E-state index contributed by atoms with van der Waals surface area (Å²) in [5.74, 6) is 0.00807. The van der Waals surface area contributed by atoms with Crippen LogP contribution in [0, 0.1) is 0 Å². The van der Waals surface area contributed by atoms with Crippen molar-refractivity contribution in [3.63, 3.8) is 0 Å². The molecule has 26 heavy (non-hydrogen) atoms. The fourth-order valence-electron chi connectivity index (χ4n) is 3.32. The van der Waals surface area contributed by atoms with E-state index in [-0.39, 0.29) is 18.6 Å². The van der Waals surface area contributed by atoms with Crippen molar-refractivity contribution < 1.29 is 9.53 Å². The Balaban J connectivity index is 1.46. The number of carbonyl (C=O) groups is 1. The zero-order valence-electron chi connectivity index (χ0n) is 14.5. The Labute approximate surface area is 152 Å². The fraction of sp³-hybridized carbons (Fsp3) is 0.238. The van der Waals surface area contributed by atoms with E-state index in [2.05, 4.69) is 10.2 Å². The van der Waals surface area contributed by atoms with Crippen LogP contribution >= 0.6 is 0 Å². The molecule has 0 atom stereocenters. The van der Waals surface area contributed by atoms with Crippen LogP contribution in [0.25, 0.3) is 0 Å². The van der Waals surface area contributed by atoms with Gasteiger partial charge in [0, 0.05) is 30.8 Å². The number of nitrogens with zero attached hydrogens (tertiary/aromatic N) is 2. The SMILES string of the molecule is O=C(COC(c1ccccc1)c1ccccc1)N1CCc2[nH]ncc2C1. The molecule has 1 aliphatic heterocycles. The number of amides is 1. The Morgan fingerprint density at radius 1 is 1.08 bits per heavy atom. The zero-order chi connectivity index (χ0) is 17.8. The number of benzene rings is 2. The van der Waals surface area contributed by atoms with Crippen molar-refractivity contribution in [3.8, 4) is 0 Å². The second kappa shape index (κ2) is 7.54. The van der Waals surface area contributed by atoms with E-state index in [1.165, 1.54) is 0 Å². The largest absolute Gasteiger partial charge is 0.359 e. The summed E-state index contributed by atoms with van der Waals surface area (Å²) >= 11 is 0. The molecule has 5 nitrogen and oxygen atoms in total. The third-order valence-electron chi connectivity index (χ3n) is 4.73. The van der Waals surface area contributed by atoms with Gasteiger partial charge >= 0.3 is 0 Å². The summed E-state index contributed by atoms with van der Waals surface area (Å²) in [6.07, 6.45) is 2.35. The van der Waals surface area contributed by atoms with Crippen LogP contribution in [-0.2, 0) is 22.5 Å². The molecule has 0 fully saturated rings. The van der Waals surface area contributed by atoms with Gasteiger partial charge in [-0.1, -0.05) is 60.7 Å². The topological polar surface area (TPSA) is 58.2 Å². The molecule has 1 aromatic heterocycles. The zero-order valence-corrected chi connectivity index (χ0v) is 14.5. The molecule has 5 heteroatoms. The first-order chi connectivity index (χ1) is 12.8. The second-order valence-electron chi connectivity index (χ2n) is 6.45. The van der Waals surface area contributed by atoms with Crippen LogP contribution in [0.2, 0.25) is 0 Å². The number of fused-ring (bicyclic) bond motifs is 1. The van der Waals surface area contributed by atoms with E-state index < -0.39 is 0 Å². The maximum Gasteiger partial charge on any atom is 0.248 e. The Morgan fingerprint density at radius 3 is 2.38 bits per heavy atom. The van der Waals surface area contributed by atoms with Gasteiger partial charge in [0.2, 0.25) is 5.91 Å². The number of H-pyrrole nitrogens is 1. The van der Waals surface area contributed by atoms with E-state index in [4.69, 9.17) is 4.74 Å². The average molecular weight is 347 g/mol. The molecule has 2 heterocycles. The third-order valence-corrected chi connectivity index (χ3v) is 4.73. The lowest BCUT2D eigenvalue weighted by molar-refractivity contribution is -0.138. The minimum absolute atomic E-state index is 0.00807. The van der Waals surface area contributed by atoms with Crippen molar-refractivity contribution >= 4 is 5.91 Å². The number of hydrogen-bond acceptors (Lipinski definition) is 3. The van der Waals surface area contributed by atoms with E-state index in [0.717, 1.165) is 28.8 Å². The summed E-state index contributed by atoms with van der Waals surface area (Å²) in [4.78, 5) is 14.5. The lowest BCUT2D eigenvalue weighted by Crippen LogP contribution is -2.38. The van der Waals surface area contributed by atoms with Gasteiger partial charge in [0.25, 0.3) is 0 Å². The van der Waals surface area contributed by atoms with E-state index >= 15 is 0 Å². The van der Waals surface area contributed by atoms with Gasteiger partial charge < -0.3 is 9.64 Å². The predicted molar refractivity (Wildman–Crippen MR) is 98.4 cm³/mol. The van der Waals surface area contributed by atoms with Crippen molar-refractivity contribution in [3.05, 3.63) is 89.2 Å². The van der Waals surface area contributed by atoms with E-state index in [1.807, 2.05) is 65.6 Å². The summed E-state index contributed by atoms with van der Waals surface area (Å²) in [6.45, 7) is 1.34. The summed E-state index contributed by atoms with van der Waals surface area (Å²) in [6, 6.07) is 20.0. The summed E-state index contributed by atoms with van der Waals surface area (Å²) in [5.41, 5.74) is 4.30. The van der Waals surface area contributed by atoms with Gasteiger partial charge in [-0.25, -0.2) is 0 Å². The lowest BCUT2D eigenvalue weighted by atomic mass is 10.0. The Kier molecular flexibility index (Phi) is 4.80. The predicted octanol–water partition coefficient (Wildman–Crippen LogP) is 3.10. The lowest BCUT2D eigenvalue weighted by Gasteiger charge is -2.27. The van der Waals surface area contributed by atoms with E-state index in [1.54, 1.807) is 6.20 Å². The summed E-state index contributed by atoms with van der Waals surface area (Å²) in [7, 11) is 0. The molecule has 1 amide bonds. The molecule has 3 aromatic rings. The van der Waals surface area contributed by atoms with Gasteiger partial charge in [0.15, 0.2) is 0 Å². The molecular weight excluding hydrogens is 326 g/mol. The molecule has 4 rings (SSSR count). The standard InChI is InChI=1S/C21H21N3O2/c25-20(24-12-11-19-18(14-24)13-22-23-19)15-26-21(16-7-3-1-4-8-16)17-9-5-2-6-10-17/h1-10,13,21H,11-12,14-15H2,(H,22,23). The fourth-order valence-corrected chi connectivity index (χ4v) is 3.32. The molecule has 0 saturated carbocycles. The van der Waals surface area contributed by atoms with Gasteiger partial charge in [0.1, 0.15) is 12.7 Å². The number of carbonyl (C=O) groups excluding carboxylic acids is 1. The summed E-state index contributed by atoms with van der Waals surface area (Å²) < 4.78 is 6.08. The minimum atomic E-state index is -0.254. The van der Waals surface area contributed by atoms with Crippen molar-refractivity contribution in [2.75, 3.05) is 13.2 Å². The van der Waals surface area contributed by atoms with Crippen LogP contribution < -0.4 is 0 Å². The Hall–Kier alpha value is -2.92. The first-order valence-corrected chi connectivity index (χ1v) is 8.81. The van der Waals surface area contributed by atoms with E-state index in [0.29, 0.717) is 13.1 Å². The van der Waals surface area contributed by atoms with Crippen LogP contribution in [0.5, 0.6) is 0 Å². The van der Waals surface area contributed by atoms with Gasteiger partial charge in [-0.3, -0.25) is 9.89 Å². The monoisotopic (exact) mass is 347 g/mol. The van der Waals surface area contributed by atoms with Gasteiger partial charge in [-0.15, -0.1) is 0 Å². The molecular formula is C21H21N3O2. The number of rotatable bonds is 5. The highest BCUT2D eigenvalue weighted by Gasteiger charge is 2.23. The number of nitrogens with one attached hydrogen (secondary N) is 1. The third kappa shape index (κ3) is 3.53. The molecule has 0 aliphatic carbocycles.